The highest BCUT2D eigenvalue weighted by atomic mass is 32.1. The second-order valence-electron chi connectivity index (χ2n) is 4.70. The average Bonchev–Trinajstić information content (AvgIpc) is 2.95. The molecule has 1 fully saturated rings. The van der Waals surface area contributed by atoms with E-state index in [9.17, 15) is 0 Å². The standard InChI is InChI=1S/C12H21N3S/c1-3-12(7-4-5-8-12)11-15-14-10(16-11)6-9-13-2/h13H,3-9H2,1-2H3. The maximum absolute atomic E-state index is 4.43. The Hall–Kier alpha value is -0.480. The van der Waals surface area contributed by atoms with E-state index in [0.29, 0.717) is 5.41 Å². The molecular weight excluding hydrogens is 218 g/mol. The third-order valence-electron chi connectivity index (χ3n) is 3.75. The van der Waals surface area contributed by atoms with Gasteiger partial charge in [0.15, 0.2) is 0 Å². The lowest BCUT2D eigenvalue weighted by atomic mass is 9.84. The molecule has 0 unspecified atom stereocenters. The van der Waals surface area contributed by atoms with Gasteiger partial charge in [-0.3, -0.25) is 0 Å². The van der Waals surface area contributed by atoms with E-state index in [1.807, 2.05) is 18.4 Å². The predicted octanol–water partition coefficient (Wildman–Crippen LogP) is 2.52. The summed E-state index contributed by atoms with van der Waals surface area (Å²) in [6, 6.07) is 0. The molecule has 16 heavy (non-hydrogen) atoms. The van der Waals surface area contributed by atoms with E-state index in [2.05, 4.69) is 22.4 Å². The summed E-state index contributed by atoms with van der Waals surface area (Å²) in [5.74, 6) is 0. The van der Waals surface area contributed by atoms with Gasteiger partial charge < -0.3 is 5.32 Å². The third-order valence-corrected chi connectivity index (χ3v) is 4.98. The molecule has 0 radical (unpaired) electrons. The summed E-state index contributed by atoms with van der Waals surface area (Å²) in [5.41, 5.74) is 0.371. The van der Waals surface area contributed by atoms with Crippen LogP contribution in [0.2, 0.25) is 0 Å². The molecule has 0 spiro atoms. The number of hydrogen-bond acceptors (Lipinski definition) is 4. The molecule has 1 aliphatic carbocycles. The SMILES string of the molecule is CCC1(c2nnc(CCNC)s2)CCCC1. The number of hydrogen-bond donors (Lipinski definition) is 1. The Balaban J connectivity index is 2.10. The fraction of sp³-hybridized carbons (Fsp3) is 0.833. The molecule has 0 aromatic carbocycles. The molecule has 0 bridgehead atoms. The average molecular weight is 239 g/mol. The van der Waals surface area contributed by atoms with Crippen LogP contribution in [0.25, 0.3) is 0 Å². The van der Waals surface area contributed by atoms with Gasteiger partial charge in [-0.2, -0.15) is 0 Å². The fourth-order valence-electron chi connectivity index (χ4n) is 2.57. The Morgan fingerprint density at radius 1 is 1.31 bits per heavy atom. The second-order valence-corrected chi connectivity index (χ2v) is 5.76. The topological polar surface area (TPSA) is 37.8 Å². The first kappa shape index (κ1) is 12.0. The van der Waals surface area contributed by atoms with Gasteiger partial charge in [-0.15, -0.1) is 21.5 Å². The molecule has 90 valence electrons. The van der Waals surface area contributed by atoms with E-state index in [4.69, 9.17) is 0 Å². The molecule has 1 aromatic heterocycles. The van der Waals surface area contributed by atoms with E-state index in [0.717, 1.165) is 13.0 Å². The quantitative estimate of drug-likeness (QED) is 0.858. The first-order valence-corrected chi connectivity index (χ1v) is 7.10. The van der Waals surface area contributed by atoms with Crippen molar-refractivity contribution in [1.29, 1.82) is 0 Å². The normalized spacial score (nSPS) is 19.1. The van der Waals surface area contributed by atoms with Crippen molar-refractivity contribution in [2.45, 2.75) is 50.9 Å². The fourth-order valence-corrected chi connectivity index (χ4v) is 3.73. The Morgan fingerprint density at radius 3 is 2.69 bits per heavy atom. The second kappa shape index (κ2) is 5.23. The van der Waals surface area contributed by atoms with Gasteiger partial charge in [-0.25, -0.2) is 0 Å². The molecule has 2 rings (SSSR count). The van der Waals surface area contributed by atoms with Gasteiger partial charge in [0.2, 0.25) is 0 Å². The van der Waals surface area contributed by atoms with Crippen molar-refractivity contribution in [2.24, 2.45) is 0 Å². The molecule has 1 aromatic rings. The van der Waals surface area contributed by atoms with Crippen LogP contribution in [-0.2, 0) is 11.8 Å². The summed E-state index contributed by atoms with van der Waals surface area (Å²) < 4.78 is 0. The van der Waals surface area contributed by atoms with Gasteiger partial charge in [-0.1, -0.05) is 19.8 Å². The Morgan fingerprint density at radius 2 is 2.06 bits per heavy atom. The van der Waals surface area contributed by atoms with Crippen LogP contribution in [0.4, 0.5) is 0 Å². The molecule has 1 aliphatic rings. The van der Waals surface area contributed by atoms with Crippen LogP contribution in [0.5, 0.6) is 0 Å². The maximum Gasteiger partial charge on any atom is 0.123 e. The molecule has 3 nitrogen and oxygen atoms in total. The first-order valence-electron chi connectivity index (χ1n) is 6.28. The van der Waals surface area contributed by atoms with Crippen molar-refractivity contribution in [3.05, 3.63) is 10.0 Å². The van der Waals surface area contributed by atoms with Gasteiger partial charge >= 0.3 is 0 Å². The summed E-state index contributed by atoms with van der Waals surface area (Å²) in [6.07, 6.45) is 7.56. The monoisotopic (exact) mass is 239 g/mol. The van der Waals surface area contributed by atoms with Crippen LogP contribution in [-0.4, -0.2) is 23.8 Å². The molecule has 1 saturated carbocycles. The van der Waals surface area contributed by atoms with E-state index in [1.54, 1.807) is 0 Å². The zero-order chi connectivity index (χ0) is 11.4. The van der Waals surface area contributed by atoms with Crippen LogP contribution in [0.1, 0.15) is 49.0 Å². The lowest BCUT2D eigenvalue weighted by molar-refractivity contribution is 0.419. The van der Waals surface area contributed by atoms with Gasteiger partial charge in [0, 0.05) is 18.4 Å². The third kappa shape index (κ3) is 2.28. The minimum atomic E-state index is 0.371. The highest BCUT2D eigenvalue weighted by molar-refractivity contribution is 7.11. The molecule has 0 aliphatic heterocycles. The van der Waals surface area contributed by atoms with E-state index in [-0.39, 0.29) is 0 Å². The zero-order valence-corrected chi connectivity index (χ0v) is 11.1. The Labute approximate surface area is 102 Å². The summed E-state index contributed by atoms with van der Waals surface area (Å²) >= 11 is 1.83. The van der Waals surface area contributed by atoms with Gasteiger partial charge in [0.05, 0.1) is 0 Å². The summed E-state index contributed by atoms with van der Waals surface area (Å²) in [4.78, 5) is 0. The molecule has 4 heteroatoms. The van der Waals surface area contributed by atoms with Crippen LogP contribution in [0.15, 0.2) is 0 Å². The van der Waals surface area contributed by atoms with Gasteiger partial charge in [0.25, 0.3) is 0 Å². The number of rotatable bonds is 5. The van der Waals surface area contributed by atoms with Crippen LogP contribution >= 0.6 is 11.3 Å². The smallest absolute Gasteiger partial charge is 0.123 e. The van der Waals surface area contributed by atoms with E-state index < -0.39 is 0 Å². The number of nitrogens with one attached hydrogen (secondary N) is 1. The van der Waals surface area contributed by atoms with Crippen molar-refractivity contribution in [1.82, 2.24) is 15.5 Å². The molecule has 0 atom stereocenters. The number of likely N-dealkylation sites (N-methyl/N-ethyl adjacent to an activating group) is 1. The predicted molar refractivity (Wildman–Crippen MR) is 68.0 cm³/mol. The summed E-state index contributed by atoms with van der Waals surface area (Å²) in [7, 11) is 1.98. The van der Waals surface area contributed by atoms with Gasteiger partial charge in [-0.05, 0) is 26.3 Å². The maximum atomic E-state index is 4.43. The summed E-state index contributed by atoms with van der Waals surface area (Å²) in [5, 5.41) is 14.4. The Kier molecular flexibility index (Phi) is 3.92. The lowest BCUT2D eigenvalue weighted by Crippen LogP contribution is -2.20. The highest BCUT2D eigenvalue weighted by Gasteiger charge is 2.36. The molecule has 0 saturated heterocycles. The minimum Gasteiger partial charge on any atom is -0.319 e. The first-order chi connectivity index (χ1) is 7.80. The molecular formula is C12H21N3S. The number of aromatic nitrogens is 2. The van der Waals surface area contributed by atoms with Crippen molar-refractivity contribution in [2.75, 3.05) is 13.6 Å². The molecule has 1 heterocycles. The van der Waals surface area contributed by atoms with Crippen molar-refractivity contribution < 1.29 is 0 Å². The van der Waals surface area contributed by atoms with Crippen LogP contribution < -0.4 is 5.32 Å². The van der Waals surface area contributed by atoms with Gasteiger partial charge in [0.1, 0.15) is 10.0 Å². The Bertz CT molecular complexity index is 329. The summed E-state index contributed by atoms with van der Waals surface area (Å²) in [6.45, 7) is 3.29. The minimum absolute atomic E-state index is 0.371. The van der Waals surface area contributed by atoms with Crippen molar-refractivity contribution in [3.8, 4) is 0 Å². The lowest BCUT2D eigenvalue weighted by Gasteiger charge is -2.23. The van der Waals surface area contributed by atoms with Crippen LogP contribution in [0.3, 0.4) is 0 Å². The largest absolute Gasteiger partial charge is 0.319 e. The zero-order valence-electron chi connectivity index (χ0n) is 10.3. The molecule has 0 amide bonds. The van der Waals surface area contributed by atoms with Crippen LogP contribution in [0, 0.1) is 0 Å². The van der Waals surface area contributed by atoms with Crippen molar-refractivity contribution in [3.63, 3.8) is 0 Å². The van der Waals surface area contributed by atoms with E-state index >= 15 is 0 Å². The highest BCUT2D eigenvalue weighted by Crippen LogP contribution is 2.44. The molecule has 1 N–H and O–H groups in total. The van der Waals surface area contributed by atoms with E-state index in [1.165, 1.54) is 42.1 Å². The number of nitrogens with zero attached hydrogens (tertiary/aromatic N) is 2. The van der Waals surface area contributed by atoms with Crippen molar-refractivity contribution >= 4 is 11.3 Å².